The average molecular weight is 502 g/mol. The van der Waals surface area contributed by atoms with Gasteiger partial charge in [0.15, 0.2) is 6.61 Å². The highest BCUT2D eigenvalue weighted by molar-refractivity contribution is 5.71. The van der Waals surface area contributed by atoms with Crippen LogP contribution in [-0.4, -0.2) is 45.9 Å². The number of carbonyl (C=O) groups excluding carboxylic acids is 1. The molecule has 9 heteroatoms. The van der Waals surface area contributed by atoms with Crippen molar-refractivity contribution in [1.29, 1.82) is 0 Å². The van der Waals surface area contributed by atoms with Crippen LogP contribution in [0.2, 0.25) is 0 Å². The number of fused-ring (bicyclic) bond motifs is 1. The highest BCUT2D eigenvalue weighted by Crippen LogP contribution is 2.29. The van der Waals surface area contributed by atoms with E-state index < -0.39 is 23.3 Å². The van der Waals surface area contributed by atoms with Gasteiger partial charge < -0.3 is 9.47 Å². The van der Waals surface area contributed by atoms with E-state index >= 15 is 0 Å². The van der Waals surface area contributed by atoms with Crippen LogP contribution in [0.3, 0.4) is 0 Å². The van der Waals surface area contributed by atoms with Crippen molar-refractivity contribution in [2.24, 2.45) is 0 Å². The standard InChI is InChI=1S/C27H30F3N3O3/c1-26(2,3)36-25(34)18-35-24-9-4-20-10-12-32(13-11-21(20)14-24)16-19-15-31-33(17-19)23-7-5-22(6-8-23)27(28,29)30/h4-9,14-15,17H,10-13,16,18H2,1-3H3. The third-order valence-corrected chi connectivity index (χ3v) is 5.85. The van der Waals surface area contributed by atoms with E-state index in [9.17, 15) is 18.0 Å². The van der Waals surface area contributed by atoms with Gasteiger partial charge in [0.05, 0.1) is 17.4 Å². The number of alkyl halides is 3. The van der Waals surface area contributed by atoms with Crippen molar-refractivity contribution in [2.75, 3.05) is 19.7 Å². The molecule has 36 heavy (non-hydrogen) atoms. The molecule has 2 heterocycles. The van der Waals surface area contributed by atoms with Crippen LogP contribution in [0.4, 0.5) is 13.2 Å². The summed E-state index contributed by atoms with van der Waals surface area (Å²) in [7, 11) is 0. The van der Waals surface area contributed by atoms with Crippen molar-refractivity contribution >= 4 is 5.97 Å². The van der Waals surface area contributed by atoms with Gasteiger partial charge in [-0.15, -0.1) is 0 Å². The van der Waals surface area contributed by atoms with Crippen molar-refractivity contribution in [3.05, 3.63) is 77.1 Å². The number of hydrogen-bond donors (Lipinski definition) is 0. The fourth-order valence-electron chi connectivity index (χ4n) is 4.15. The quantitative estimate of drug-likeness (QED) is 0.434. The zero-order valence-corrected chi connectivity index (χ0v) is 20.6. The number of carbonyl (C=O) groups is 1. The summed E-state index contributed by atoms with van der Waals surface area (Å²) in [5, 5.41) is 4.33. The third-order valence-electron chi connectivity index (χ3n) is 5.85. The monoisotopic (exact) mass is 501 g/mol. The predicted octanol–water partition coefficient (Wildman–Crippen LogP) is 5.21. The second kappa shape index (κ2) is 10.3. The van der Waals surface area contributed by atoms with E-state index in [1.807, 2.05) is 45.2 Å². The number of benzene rings is 2. The first-order chi connectivity index (χ1) is 17.0. The maximum Gasteiger partial charge on any atom is 0.416 e. The van der Waals surface area contributed by atoms with Crippen LogP contribution in [0.5, 0.6) is 5.75 Å². The van der Waals surface area contributed by atoms with Crippen LogP contribution < -0.4 is 4.74 Å². The Hall–Kier alpha value is -3.33. The van der Waals surface area contributed by atoms with Gasteiger partial charge >= 0.3 is 12.1 Å². The summed E-state index contributed by atoms with van der Waals surface area (Å²) in [5.74, 6) is 0.242. The van der Waals surface area contributed by atoms with Crippen LogP contribution in [0.15, 0.2) is 54.9 Å². The molecule has 0 N–H and O–H groups in total. The van der Waals surface area contributed by atoms with Gasteiger partial charge in [-0.3, -0.25) is 4.90 Å². The Morgan fingerprint density at radius 1 is 1.00 bits per heavy atom. The minimum atomic E-state index is -4.36. The highest BCUT2D eigenvalue weighted by Gasteiger charge is 2.30. The Morgan fingerprint density at radius 2 is 1.69 bits per heavy atom. The van der Waals surface area contributed by atoms with Gasteiger partial charge in [0.25, 0.3) is 0 Å². The third kappa shape index (κ3) is 6.87. The zero-order valence-electron chi connectivity index (χ0n) is 20.6. The molecule has 3 aromatic rings. The molecular formula is C27H30F3N3O3. The summed E-state index contributed by atoms with van der Waals surface area (Å²) >= 11 is 0. The number of rotatable bonds is 6. The van der Waals surface area contributed by atoms with E-state index in [0.717, 1.165) is 43.6 Å². The largest absolute Gasteiger partial charge is 0.482 e. The second-order valence-electron chi connectivity index (χ2n) is 9.92. The molecule has 0 saturated heterocycles. The highest BCUT2D eigenvalue weighted by atomic mass is 19.4. The van der Waals surface area contributed by atoms with Gasteiger partial charge in [0.1, 0.15) is 11.4 Å². The topological polar surface area (TPSA) is 56.6 Å². The average Bonchev–Trinajstić information content (AvgIpc) is 3.17. The van der Waals surface area contributed by atoms with Gasteiger partial charge in [0, 0.05) is 31.4 Å². The number of esters is 1. The molecule has 0 unspecified atom stereocenters. The molecule has 1 aliphatic heterocycles. The van der Waals surface area contributed by atoms with Gasteiger partial charge in [-0.25, -0.2) is 9.48 Å². The lowest BCUT2D eigenvalue weighted by Gasteiger charge is -2.19. The molecule has 2 aromatic carbocycles. The minimum Gasteiger partial charge on any atom is -0.482 e. The molecule has 0 fully saturated rings. The maximum absolute atomic E-state index is 12.8. The molecule has 1 aromatic heterocycles. The normalized spacial score (nSPS) is 14.7. The molecule has 0 bridgehead atoms. The van der Waals surface area contributed by atoms with Crippen molar-refractivity contribution in [1.82, 2.24) is 14.7 Å². The Labute approximate surface area is 208 Å². The molecule has 6 nitrogen and oxygen atoms in total. The summed E-state index contributed by atoms with van der Waals surface area (Å²) in [5.41, 5.74) is 2.79. The maximum atomic E-state index is 12.8. The van der Waals surface area contributed by atoms with Crippen LogP contribution in [0.1, 0.15) is 43.0 Å². The Kier molecular flexibility index (Phi) is 7.40. The van der Waals surface area contributed by atoms with Crippen LogP contribution in [0.25, 0.3) is 5.69 Å². The number of halogens is 3. The lowest BCUT2D eigenvalue weighted by Crippen LogP contribution is -2.27. The number of hydrogen-bond acceptors (Lipinski definition) is 5. The molecule has 192 valence electrons. The molecule has 0 aliphatic carbocycles. The van der Waals surface area contributed by atoms with Gasteiger partial charge in [-0.2, -0.15) is 18.3 Å². The number of aromatic nitrogens is 2. The summed E-state index contributed by atoms with van der Waals surface area (Å²) in [4.78, 5) is 14.3. The van der Waals surface area contributed by atoms with Gasteiger partial charge in [-0.1, -0.05) is 6.07 Å². The van der Waals surface area contributed by atoms with Crippen molar-refractivity contribution in [3.8, 4) is 11.4 Å². The van der Waals surface area contributed by atoms with E-state index in [0.29, 0.717) is 18.0 Å². The SMILES string of the molecule is CC(C)(C)OC(=O)COc1ccc2c(c1)CCN(Cc1cnn(-c3ccc(C(F)(F)F)cc3)c1)CC2. The van der Waals surface area contributed by atoms with E-state index in [1.54, 1.807) is 10.9 Å². The summed E-state index contributed by atoms with van der Waals surface area (Å²) in [6, 6.07) is 10.9. The van der Waals surface area contributed by atoms with E-state index in [2.05, 4.69) is 10.00 Å². The first-order valence-electron chi connectivity index (χ1n) is 11.9. The van der Waals surface area contributed by atoms with Crippen molar-refractivity contribution in [2.45, 2.75) is 51.9 Å². The fourth-order valence-corrected chi connectivity index (χ4v) is 4.15. The number of nitrogens with zero attached hydrogens (tertiary/aromatic N) is 3. The van der Waals surface area contributed by atoms with E-state index in [-0.39, 0.29) is 6.61 Å². The Morgan fingerprint density at radius 3 is 2.36 bits per heavy atom. The zero-order chi connectivity index (χ0) is 25.9. The fraction of sp³-hybridized carbons (Fsp3) is 0.407. The second-order valence-corrected chi connectivity index (χ2v) is 9.92. The smallest absolute Gasteiger partial charge is 0.416 e. The number of ether oxygens (including phenoxy) is 2. The molecule has 0 amide bonds. The lowest BCUT2D eigenvalue weighted by molar-refractivity contribution is -0.157. The van der Waals surface area contributed by atoms with E-state index in [1.165, 1.54) is 23.3 Å². The molecular weight excluding hydrogens is 471 g/mol. The molecule has 0 saturated carbocycles. The van der Waals surface area contributed by atoms with Crippen molar-refractivity contribution < 1.29 is 27.4 Å². The first kappa shape index (κ1) is 25.8. The first-order valence-corrected chi connectivity index (χ1v) is 11.9. The van der Waals surface area contributed by atoms with Crippen LogP contribution in [0, 0.1) is 0 Å². The Balaban J connectivity index is 1.33. The summed E-state index contributed by atoms with van der Waals surface area (Å²) in [6.07, 6.45) is 0.964. The molecule has 1 aliphatic rings. The Bertz CT molecular complexity index is 1200. The molecule has 0 atom stereocenters. The molecule has 0 spiro atoms. The van der Waals surface area contributed by atoms with Gasteiger partial charge in [-0.05, 0) is 81.1 Å². The minimum absolute atomic E-state index is 0.134. The predicted molar refractivity (Wildman–Crippen MR) is 129 cm³/mol. The van der Waals surface area contributed by atoms with E-state index in [4.69, 9.17) is 9.47 Å². The van der Waals surface area contributed by atoms with Crippen LogP contribution in [-0.2, 0) is 35.1 Å². The van der Waals surface area contributed by atoms with Gasteiger partial charge in [0.2, 0.25) is 0 Å². The molecule has 0 radical (unpaired) electrons. The lowest BCUT2D eigenvalue weighted by atomic mass is 10.0. The summed E-state index contributed by atoms with van der Waals surface area (Å²) < 4.78 is 51.0. The summed E-state index contributed by atoms with van der Waals surface area (Å²) in [6.45, 7) is 7.72. The van der Waals surface area contributed by atoms with Crippen LogP contribution >= 0.6 is 0 Å². The molecule has 4 rings (SSSR count). The van der Waals surface area contributed by atoms with Crippen molar-refractivity contribution in [3.63, 3.8) is 0 Å².